The Labute approximate surface area is 198 Å². The topological polar surface area (TPSA) is 279 Å². The van der Waals surface area contributed by atoms with Crippen molar-refractivity contribution < 1.29 is 24.3 Å². The zero-order valence-electron chi connectivity index (χ0n) is 19.6. The van der Waals surface area contributed by atoms with E-state index < -0.39 is 48.4 Å². The highest BCUT2D eigenvalue weighted by Crippen LogP contribution is 2.05. The standard InChI is InChI=1S/C19H38N10O5/c1-10(2)14(20)17(34)29-12(6-4-8-26-19(23)24)16(33)28-11(5-3-7-25-18(21)22)15(32)27-9-13(30)31/h10-12,14H,3-9,20H2,1-2H3,(H,27,32)(H,28,33)(H,29,34)(H,30,31)(H4,21,22,25)(H4,23,24,26). The number of hydrogen-bond donors (Lipinski definition) is 9. The molecule has 3 atom stereocenters. The van der Waals surface area contributed by atoms with Crippen LogP contribution in [0, 0.1) is 5.92 Å². The van der Waals surface area contributed by atoms with Crippen LogP contribution in [-0.4, -0.2) is 78.5 Å². The Kier molecular flexibility index (Phi) is 14.4. The first-order valence-corrected chi connectivity index (χ1v) is 10.8. The predicted octanol–water partition coefficient (Wildman–Crippen LogP) is -3.75. The summed E-state index contributed by atoms with van der Waals surface area (Å²) in [7, 11) is 0. The molecule has 0 saturated carbocycles. The van der Waals surface area contributed by atoms with Crippen LogP contribution >= 0.6 is 0 Å². The Morgan fingerprint density at radius 3 is 1.65 bits per heavy atom. The largest absolute Gasteiger partial charge is 0.480 e. The predicted molar refractivity (Wildman–Crippen MR) is 127 cm³/mol. The molecule has 0 fully saturated rings. The van der Waals surface area contributed by atoms with Gasteiger partial charge in [0.25, 0.3) is 0 Å². The minimum atomic E-state index is -1.24. The van der Waals surface area contributed by atoms with Gasteiger partial charge in [0, 0.05) is 13.1 Å². The van der Waals surface area contributed by atoms with Gasteiger partial charge >= 0.3 is 5.97 Å². The Bertz CT molecular complexity index is 748. The first-order chi connectivity index (χ1) is 15.8. The number of amides is 3. The lowest BCUT2D eigenvalue weighted by Gasteiger charge is -2.24. The van der Waals surface area contributed by atoms with Gasteiger partial charge in [-0.15, -0.1) is 0 Å². The second kappa shape index (κ2) is 16.1. The third kappa shape index (κ3) is 13.7. The van der Waals surface area contributed by atoms with Crippen LogP contribution in [0.15, 0.2) is 9.98 Å². The minimum absolute atomic E-state index is 0.109. The fourth-order valence-corrected chi connectivity index (χ4v) is 2.67. The second-order valence-corrected chi connectivity index (χ2v) is 7.90. The molecule has 0 aliphatic carbocycles. The Morgan fingerprint density at radius 2 is 1.24 bits per heavy atom. The lowest BCUT2D eigenvalue weighted by atomic mass is 10.0. The van der Waals surface area contributed by atoms with Crippen LogP contribution in [0.25, 0.3) is 0 Å². The van der Waals surface area contributed by atoms with Crippen molar-refractivity contribution in [3.05, 3.63) is 0 Å². The van der Waals surface area contributed by atoms with Crippen molar-refractivity contribution in [2.75, 3.05) is 19.6 Å². The first-order valence-electron chi connectivity index (χ1n) is 10.8. The van der Waals surface area contributed by atoms with Crippen LogP contribution in [0.2, 0.25) is 0 Å². The molecule has 0 saturated heterocycles. The zero-order valence-corrected chi connectivity index (χ0v) is 19.6. The number of guanidine groups is 2. The summed E-state index contributed by atoms with van der Waals surface area (Å²) in [6.07, 6.45) is 0.960. The quantitative estimate of drug-likeness (QED) is 0.0583. The number of nitrogens with zero attached hydrogens (tertiary/aromatic N) is 2. The smallest absolute Gasteiger partial charge is 0.322 e. The van der Waals surface area contributed by atoms with Gasteiger partial charge in [0.05, 0.1) is 6.04 Å². The van der Waals surface area contributed by atoms with Gasteiger partial charge < -0.3 is 49.7 Å². The van der Waals surface area contributed by atoms with E-state index in [9.17, 15) is 19.2 Å². The van der Waals surface area contributed by atoms with Crippen molar-refractivity contribution in [1.29, 1.82) is 0 Å². The van der Waals surface area contributed by atoms with Crippen LogP contribution in [0.4, 0.5) is 0 Å². The molecular weight excluding hydrogens is 448 g/mol. The minimum Gasteiger partial charge on any atom is -0.480 e. The molecule has 0 aliphatic rings. The number of aliphatic imine (C=N–C) groups is 2. The van der Waals surface area contributed by atoms with Gasteiger partial charge in [-0.05, 0) is 31.6 Å². The number of aliphatic carboxylic acids is 1. The summed E-state index contributed by atoms with van der Waals surface area (Å²) in [5.74, 6) is -3.53. The fourth-order valence-electron chi connectivity index (χ4n) is 2.67. The van der Waals surface area contributed by atoms with Crippen molar-refractivity contribution in [3.63, 3.8) is 0 Å². The van der Waals surface area contributed by atoms with Crippen molar-refractivity contribution >= 4 is 35.6 Å². The van der Waals surface area contributed by atoms with Crippen molar-refractivity contribution in [2.45, 2.75) is 57.7 Å². The van der Waals surface area contributed by atoms with Gasteiger partial charge in [-0.1, -0.05) is 13.8 Å². The zero-order chi connectivity index (χ0) is 26.3. The molecule has 0 aromatic carbocycles. The lowest BCUT2D eigenvalue weighted by Crippen LogP contribution is -2.56. The SMILES string of the molecule is CC(C)C(N)C(=O)NC(CCCN=C(N)N)C(=O)NC(CCCN=C(N)N)C(=O)NCC(=O)O. The highest BCUT2D eigenvalue weighted by atomic mass is 16.4. The number of nitrogens with two attached hydrogens (primary N) is 5. The van der Waals surface area contributed by atoms with Gasteiger partial charge in [-0.25, -0.2) is 0 Å². The maximum atomic E-state index is 13.0. The van der Waals surface area contributed by atoms with Crippen LogP contribution in [0.1, 0.15) is 39.5 Å². The monoisotopic (exact) mass is 486 g/mol. The molecule has 0 aliphatic heterocycles. The highest BCUT2D eigenvalue weighted by Gasteiger charge is 2.28. The number of carboxylic acids is 1. The molecule has 0 heterocycles. The number of hydrogen-bond acceptors (Lipinski definition) is 7. The van der Waals surface area contributed by atoms with Gasteiger partial charge in [0.1, 0.15) is 18.6 Å². The van der Waals surface area contributed by atoms with Crippen LogP contribution < -0.4 is 44.6 Å². The fraction of sp³-hybridized carbons (Fsp3) is 0.684. The molecule has 15 heteroatoms. The van der Waals surface area contributed by atoms with Crippen molar-refractivity contribution in [2.24, 2.45) is 44.6 Å². The molecule has 0 radical (unpaired) electrons. The molecular formula is C19H38N10O5. The van der Waals surface area contributed by atoms with E-state index in [1.807, 2.05) is 0 Å². The van der Waals surface area contributed by atoms with E-state index in [4.69, 9.17) is 33.8 Å². The van der Waals surface area contributed by atoms with E-state index in [1.165, 1.54) is 0 Å². The molecule has 34 heavy (non-hydrogen) atoms. The summed E-state index contributed by atoms with van der Waals surface area (Å²) < 4.78 is 0. The maximum absolute atomic E-state index is 13.0. The Balaban J connectivity index is 5.43. The lowest BCUT2D eigenvalue weighted by molar-refractivity contribution is -0.138. The summed E-state index contributed by atoms with van der Waals surface area (Å²) in [6, 6.07) is -2.96. The molecule has 0 aromatic rings. The third-order valence-corrected chi connectivity index (χ3v) is 4.59. The van der Waals surface area contributed by atoms with E-state index in [0.29, 0.717) is 12.8 Å². The van der Waals surface area contributed by atoms with Gasteiger partial charge in [-0.3, -0.25) is 29.2 Å². The van der Waals surface area contributed by atoms with Crippen LogP contribution in [-0.2, 0) is 19.2 Å². The average Bonchev–Trinajstić information content (AvgIpc) is 2.74. The van der Waals surface area contributed by atoms with Gasteiger partial charge in [-0.2, -0.15) is 0 Å². The summed E-state index contributed by atoms with van der Waals surface area (Å²) >= 11 is 0. The van der Waals surface area contributed by atoms with Gasteiger partial charge in [0.15, 0.2) is 11.9 Å². The van der Waals surface area contributed by atoms with E-state index in [1.54, 1.807) is 13.8 Å². The Hall–Kier alpha value is -3.62. The molecule has 15 nitrogen and oxygen atoms in total. The maximum Gasteiger partial charge on any atom is 0.322 e. The van der Waals surface area contributed by atoms with E-state index in [0.717, 1.165) is 0 Å². The highest BCUT2D eigenvalue weighted by molar-refractivity contribution is 5.93. The second-order valence-electron chi connectivity index (χ2n) is 7.90. The normalized spacial score (nSPS) is 13.2. The molecule has 0 bridgehead atoms. The van der Waals surface area contributed by atoms with Crippen molar-refractivity contribution in [1.82, 2.24) is 16.0 Å². The number of carbonyl (C=O) groups excluding carboxylic acids is 3. The molecule has 0 aromatic heterocycles. The summed E-state index contributed by atoms with van der Waals surface area (Å²) in [6.45, 7) is 3.32. The summed E-state index contributed by atoms with van der Waals surface area (Å²) in [4.78, 5) is 56.3. The summed E-state index contributed by atoms with van der Waals surface area (Å²) in [5, 5.41) is 16.2. The molecule has 0 spiro atoms. The Morgan fingerprint density at radius 1 is 0.794 bits per heavy atom. The molecule has 3 unspecified atom stereocenters. The molecule has 0 rings (SSSR count). The van der Waals surface area contributed by atoms with E-state index >= 15 is 0 Å². The summed E-state index contributed by atoms with van der Waals surface area (Å²) in [5.41, 5.74) is 27.0. The number of carbonyl (C=O) groups is 4. The third-order valence-electron chi connectivity index (χ3n) is 4.59. The number of rotatable bonds is 16. The molecule has 14 N–H and O–H groups in total. The van der Waals surface area contributed by atoms with Crippen LogP contribution in [0.5, 0.6) is 0 Å². The first kappa shape index (κ1) is 30.4. The number of carboxylic acid groups (broad SMARTS) is 1. The molecule has 3 amide bonds. The van der Waals surface area contributed by atoms with Gasteiger partial charge in [0.2, 0.25) is 17.7 Å². The van der Waals surface area contributed by atoms with Crippen LogP contribution in [0.3, 0.4) is 0 Å². The van der Waals surface area contributed by atoms with Crippen molar-refractivity contribution in [3.8, 4) is 0 Å². The molecule has 194 valence electrons. The number of nitrogens with one attached hydrogen (secondary N) is 3. The van der Waals surface area contributed by atoms with E-state index in [-0.39, 0.29) is 43.8 Å². The average molecular weight is 487 g/mol. The van der Waals surface area contributed by atoms with E-state index in [2.05, 4.69) is 25.9 Å².